The van der Waals surface area contributed by atoms with Gasteiger partial charge in [0.25, 0.3) is 0 Å². The van der Waals surface area contributed by atoms with Gasteiger partial charge in [-0.1, -0.05) is 24.6 Å². The maximum Gasteiger partial charge on any atom is 0.236 e. The SMILES string of the molecule is CCNCc1cc(C)ccc1N(CC(N)=O)C(C)C. The summed E-state index contributed by atoms with van der Waals surface area (Å²) in [7, 11) is 0. The van der Waals surface area contributed by atoms with Crippen LogP contribution in [-0.4, -0.2) is 25.0 Å². The normalized spacial score (nSPS) is 10.8. The fourth-order valence-corrected chi connectivity index (χ4v) is 2.11. The first kappa shape index (κ1) is 15.5. The van der Waals surface area contributed by atoms with Crippen molar-refractivity contribution >= 4 is 11.6 Å². The lowest BCUT2D eigenvalue weighted by atomic mass is 10.1. The quantitative estimate of drug-likeness (QED) is 0.788. The fourth-order valence-electron chi connectivity index (χ4n) is 2.11. The third-order valence-electron chi connectivity index (χ3n) is 3.06. The van der Waals surface area contributed by atoms with Gasteiger partial charge in [-0.2, -0.15) is 0 Å². The van der Waals surface area contributed by atoms with Crippen LogP contribution in [0.3, 0.4) is 0 Å². The minimum atomic E-state index is -0.302. The molecule has 19 heavy (non-hydrogen) atoms. The third kappa shape index (κ3) is 4.56. The van der Waals surface area contributed by atoms with Gasteiger partial charge in [0.05, 0.1) is 6.54 Å². The molecule has 1 amide bonds. The van der Waals surface area contributed by atoms with Crippen LogP contribution in [0.1, 0.15) is 31.9 Å². The highest BCUT2D eigenvalue weighted by molar-refractivity contribution is 5.80. The molecule has 0 aromatic heterocycles. The Balaban J connectivity index is 3.09. The molecule has 0 aliphatic heterocycles. The molecule has 0 spiro atoms. The van der Waals surface area contributed by atoms with E-state index in [0.717, 1.165) is 18.8 Å². The summed E-state index contributed by atoms with van der Waals surface area (Å²) in [4.78, 5) is 13.3. The molecule has 0 atom stereocenters. The lowest BCUT2D eigenvalue weighted by Gasteiger charge is -2.30. The molecule has 3 N–H and O–H groups in total. The second kappa shape index (κ2) is 7.14. The Morgan fingerprint density at radius 3 is 2.63 bits per heavy atom. The van der Waals surface area contributed by atoms with E-state index in [1.54, 1.807) is 0 Å². The van der Waals surface area contributed by atoms with E-state index in [1.807, 2.05) is 0 Å². The minimum Gasteiger partial charge on any atom is -0.368 e. The third-order valence-corrected chi connectivity index (χ3v) is 3.06. The van der Waals surface area contributed by atoms with Crippen molar-refractivity contribution in [2.45, 2.75) is 40.3 Å². The summed E-state index contributed by atoms with van der Waals surface area (Å²) in [6.45, 7) is 10.3. The zero-order chi connectivity index (χ0) is 14.4. The van der Waals surface area contributed by atoms with Gasteiger partial charge in [-0.15, -0.1) is 0 Å². The van der Waals surface area contributed by atoms with E-state index >= 15 is 0 Å². The molecule has 1 aromatic carbocycles. The number of hydrogen-bond acceptors (Lipinski definition) is 3. The Kier molecular flexibility index (Phi) is 5.83. The van der Waals surface area contributed by atoms with Gasteiger partial charge in [-0.05, 0) is 38.9 Å². The first-order chi connectivity index (χ1) is 8.95. The molecule has 0 bridgehead atoms. The Labute approximate surface area is 116 Å². The summed E-state index contributed by atoms with van der Waals surface area (Å²) >= 11 is 0. The molecule has 0 saturated carbocycles. The lowest BCUT2D eigenvalue weighted by Crippen LogP contribution is -2.39. The van der Waals surface area contributed by atoms with E-state index in [9.17, 15) is 4.79 Å². The van der Waals surface area contributed by atoms with Crippen LogP contribution in [0.25, 0.3) is 0 Å². The van der Waals surface area contributed by atoms with E-state index in [1.165, 1.54) is 11.1 Å². The molecule has 0 saturated heterocycles. The van der Waals surface area contributed by atoms with Gasteiger partial charge in [0.2, 0.25) is 5.91 Å². The van der Waals surface area contributed by atoms with Crippen LogP contribution in [-0.2, 0) is 11.3 Å². The maximum absolute atomic E-state index is 11.2. The van der Waals surface area contributed by atoms with Gasteiger partial charge >= 0.3 is 0 Å². The van der Waals surface area contributed by atoms with Crippen molar-refractivity contribution in [1.82, 2.24) is 5.32 Å². The number of benzene rings is 1. The number of nitrogens with zero attached hydrogens (tertiary/aromatic N) is 1. The van der Waals surface area contributed by atoms with E-state index in [-0.39, 0.29) is 18.5 Å². The van der Waals surface area contributed by atoms with Gasteiger partial charge in [0.15, 0.2) is 0 Å². The van der Waals surface area contributed by atoms with Crippen LogP contribution >= 0.6 is 0 Å². The summed E-state index contributed by atoms with van der Waals surface area (Å²) in [6, 6.07) is 6.54. The minimum absolute atomic E-state index is 0.232. The second-order valence-corrected chi connectivity index (χ2v) is 5.10. The van der Waals surface area contributed by atoms with Crippen molar-refractivity contribution in [3.63, 3.8) is 0 Å². The van der Waals surface area contributed by atoms with Crippen LogP contribution < -0.4 is 16.0 Å². The van der Waals surface area contributed by atoms with Crippen LogP contribution in [0.15, 0.2) is 18.2 Å². The highest BCUT2D eigenvalue weighted by Crippen LogP contribution is 2.23. The number of nitrogens with two attached hydrogens (primary N) is 1. The highest BCUT2D eigenvalue weighted by Gasteiger charge is 2.16. The highest BCUT2D eigenvalue weighted by atomic mass is 16.1. The number of nitrogens with one attached hydrogen (secondary N) is 1. The van der Waals surface area contributed by atoms with Crippen molar-refractivity contribution in [2.24, 2.45) is 5.73 Å². The molecule has 0 aliphatic rings. The summed E-state index contributed by atoms with van der Waals surface area (Å²) in [5, 5.41) is 3.34. The average Bonchev–Trinajstić information content (AvgIpc) is 2.33. The molecule has 4 nitrogen and oxygen atoms in total. The van der Waals surface area contributed by atoms with Crippen molar-refractivity contribution in [2.75, 3.05) is 18.0 Å². The number of hydrogen-bond donors (Lipinski definition) is 2. The Morgan fingerprint density at radius 1 is 1.42 bits per heavy atom. The van der Waals surface area contributed by atoms with Crippen molar-refractivity contribution in [1.29, 1.82) is 0 Å². The molecular weight excluding hydrogens is 238 g/mol. The summed E-state index contributed by atoms with van der Waals surface area (Å²) in [5.74, 6) is -0.302. The molecular formula is C15H25N3O. The van der Waals surface area contributed by atoms with Crippen LogP contribution in [0.4, 0.5) is 5.69 Å². The largest absolute Gasteiger partial charge is 0.368 e. The van der Waals surface area contributed by atoms with E-state index in [0.29, 0.717) is 0 Å². The number of anilines is 1. The summed E-state index contributed by atoms with van der Waals surface area (Å²) < 4.78 is 0. The number of amides is 1. The Bertz CT molecular complexity index is 429. The second-order valence-electron chi connectivity index (χ2n) is 5.10. The number of rotatable bonds is 7. The molecule has 1 aromatic rings. The molecule has 0 heterocycles. The average molecular weight is 263 g/mol. The van der Waals surface area contributed by atoms with Crippen LogP contribution in [0, 0.1) is 6.92 Å². The van der Waals surface area contributed by atoms with Crippen molar-refractivity contribution in [3.05, 3.63) is 29.3 Å². The van der Waals surface area contributed by atoms with Gasteiger partial charge in [0.1, 0.15) is 0 Å². The molecule has 4 heteroatoms. The zero-order valence-corrected chi connectivity index (χ0v) is 12.4. The summed E-state index contributed by atoms with van der Waals surface area (Å²) in [5.41, 5.74) is 8.86. The molecule has 0 radical (unpaired) electrons. The summed E-state index contributed by atoms with van der Waals surface area (Å²) in [6.07, 6.45) is 0. The monoisotopic (exact) mass is 263 g/mol. The number of aryl methyl sites for hydroxylation is 1. The molecule has 0 unspecified atom stereocenters. The Morgan fingerprint density at radius 2 is 2.11 bits per heavy atom. The van der Waals surface area contributed by atoms with Gasteiger partial charge < -0.3 is 16.0 Å². The first-order valence-electron chi connectivity index (χ1n) is 6.80. The predicted molar refractivity (Wildman–Crippen MR) is 80.2 cm³/mol. The number of primary amides is 1. The topological polar surface area (TPSA) is 58.4 Å². The Hall–Kier alpha value is -1.55. The van der Waals surface area contributed by atoms with Gasteiger partial charge in [-0.3, -0.25) is 4.79 Å². The van der Waals surface area contributed by atoms with Gasteiger partial charge in [0, 0.05) is 18.3 Å². The van der Waals surface area contributed by atoms with Crippen molar-refractivity contribution in [3.8, 4) is 0 Å². The van der Waals surface area contributed by atoms with Crippen LogP contribution in [0.5, 0.6) is 0 Å². The standard InChI is InChI=1S/C15H25N3O/c1-5-17-9-13-8-12(4)6-7-14(13)18(11(2)3)10-15(16)19/h6-8,11,17H,5,9-10H2,1-4H3,(H2,16,19). The van der Waals surface area contributed by atoms with E-state index < -0.39 is 0 Å². The molecule has 0 aliphatic carbocycles. The zero-order valence-electron chi connectivity index (χ0n) is 12.4. The van der Waals surface area contributed by atoms with Gasteiger partial charge in [-0.25, -0.2) is 0 Å². The predicted octanol–water partition coefficient (Wildman–Crippen LogP) is 1.80. The van der Waals surface area contributed by atoms with E-state index in [2.05, 4.69) is 56.1 Å². The molecule has 1 rings (SSSR count). The van der Waals surface area contributed by atoms with E-state index in [4.69, 9.17) is 5.73 Å². The maximum atomic E-state index is 11.2. The first-order valence-corrected chi connectivity index (χ1v) is 6.80. The smallest absolute Gasteiger partial charge is 0.236 e. The molecule has 106 valence electrons. The lowest BCUT2D eigenvalue weighted by molar-refractivity contribution is -0.116. The fraction of sp³-hybridized carbons (Fsp3) is 0.533. The number of carbonyl (C=O) groups excluding carboxylic acids is 1. The molecule has 0 fully saturated rings. The van der Waals surface area contributed by atoms with Crippen LogP contribution in [0.2, 0.25) is 0 Å². The number of carbonyl (C=O) groups is 1. The van der Waals surface area contributed by atoms with Crippen molar-refractivity contribution < 1.29 is 4.79 Å².